The summed E-state index contributed by atoms with van der Waals surface area (Å²) in [6.45, 7) is -0.630. The molecule has 2 amide bonds. The molecule has 0 radical (unpaired) electrons. The normalized spacial score (nSPS) is 11.5. The molecule has 0 fully saturated rings. The van der Waals surface area contributed by atoms with Crippen molar-refractivity contribution in [1.29, 1.82) is 0 Å². The second-order valence-electron chi connectivity index (χ2n) is 5.39. The van der Waals surface area contributed by atoms with Gasteiger partial charge in [0.1, 0.15) is 0 Å². The number of aliphatic hydroxyl groups is 1. The van der Waals surface area contributed by atoms with E-state index in [0.717, 1.165) is 29.1 Å². The molecule has 8 heteroatoms. The number of nitrogens with one attached hydrogen (secondary N) is 3. The maximum atomic E-state index is 12.7. The van der Waals surface area contributed by atoms with E-state index in [-0.39, 0.29) is 11.3 Å². The summed E-state index contributed by atoms with van der Waals surface area (Å²) in [5.74, 6) is 0. The Kier molecular flexibility index (Phi) is 4.37. The maximum absolute atomic E-state index is 12.7. The van der Waals surface area contributed by atoms with E-state index in [4.69, 9.17) is 0 Å². The Hall–Kier alpha value is -3.00. The quantitative estimate of drug-likeness (QED) is 0.568. The molecule has 0 aliphatic heterocycles. The molecule has 3 aromatic rings. The molecule has 0 aliphatic rings. The number of carbonyl (C=O) groups is 1. The van der Waals surface area contributed by atoms with Crippen LogP contribution in [0.15, 0.2) is 48.7 Å². The molecule has 3 rings (SSSR count). The first-order valence-electron chi connectivity index (χ1n) is 7.33. The van der Waals surface area contributed by atoms with Crippen LogP contribution in [0.3, 0.4) is 0 Å². The van der Waals surface area contributed by atoms with Crippen LogP contribution in [0.2, 0.25) is 0 Å². The Morgan fingerprint density at radius 2 is 1.88 bits per heavy atom. The van der Waals surface area contributed by atoms with E-state index in [0.29, 0.717) is 5.69 Å². The van der Waals surface area contributed by atoms with Crippen LogP contribution in [0.4, 0.5) is 29.3 Å². The van der Waals surface area contributed by atoms with Crippen molar-refractivity contribution in [2.45, 2.75) is 12.8 Å². The second-order valence-corrected chi connectivity index (χ2v) is 5.39. The minimum atomic E-state index is -4.52. The van der Waals surface area contributed by atoms with Crippen molar-refractivity contribution in [3.05, 3.63) is 59.8 Å². The number of aliphatic hydroxyl groups excluding tert-OH is 1. The molecule has 0 bridgehead atoms. The fourth-order valence-corrected chi connectivity index (χ4v) is 2.44. The van der Waals surface area contributed by atoms with Gasteiger partial charge in [0.15, 0.2) is 0 Å². The van der Waals surface area contributed by atoms with E-state index in [2.05, 4.69) is 15.6 Å². The van der Waals surface area contributed by atoms with Crippen molar-refractivity contribution in [1.82, 2.24) is 4.98 Å². The number of H-pyrrole nitrogens is 1. The number of carbonyl (C=O) groups excluding carboxylic acids is 1. The van der Waals surface area contributed by atoms with E-state index in [9.17, 15) is 23.1 Å². The van der Waals surface area contributed by atoms with E-state index in [1.54, 1.807) is 24.4 Å². The Morgan fingerprint density at radius 1 is 1.08 bits per heavy atom. The van der Waals surface area contributed by atoms with Gasteiger partial charge < -0.3 is 20.7 Å². The van der Waals surface area contributed by atoms with Crippen LogP contribution < -0.4 is 10.6 Å². The van der Waals surface area contributed by atoms with Crippen LogP contribution in [-0.4, -0.2) is 16.1 Å². The molecule has 4 N–H and O–H groups in total. The molecule has 2 aromatic carbocycles. The van der Waals surface area contributed by atoms with Crippen molar-refractivity contribution >= 4 is 28.3 Å². The van der Waals surface area contributed by atoms with Gasteiger partial charge in [-0.2, -0.15) is 13.2 Å². The van der Waals surface area contributed by atoms with Gasteiger partial charge in [-0.05, 0) is 42.5 Å². The van der Waals surface area contributed by atoms with Crippen molar-refractivity contribution in [3.8, 4) is 0 Å². The van der Waals surface area contributed by atoms with Gasteiger partial charge >= 0.3 is 12.2 Å². The molecule has 1 aromatic heterocycles. The number of aromatic amines is 1. The van der Waals surface area contributed by atoms with Gasteiger partial charge in [0.05, 0.1) is 12.2 Å². The molecule has 0 unspecified atom stereocenters. The van der Waals surface area contributed by atoms with Gasteiger partial charge in [0.2, 0.25) is 0 Å². The lowest BCUT2D eigenvalue weighted by molar-refractivity contribution is -0.137. The molecular weight excluding hydrogens is 335 g/mol. The molecule has 1 heterocycles. The van der Waals surface area contributed by atoms with Gasteiger partial charge in [-0.15, -0.1) is 0 Å². The monoisotopic (exact) mass is 349 g/mol. The lowest BCUT2D eigenvalue weighted by Gasteiger charge is -2.14. The molecule has 0 spiro atoms. The number of rotatable bonds is 3. The summed E-state index contributed by atoms with van der Waals surface area (Å²) < 4.78 is 38.1. The highest BCUT2D eigenvalue weighted by Gasteiger charge is 2.31. The number of hydrogen-bond acceptors (Lipinski definition) is 2. The number of fused-ring (bicyclic) bond motifs is 1. The first kappa shape index (κ1) is 16.8. The van der Waals surface area contributed by atoms with Crippen LogP contribution in [0.1, 0.15) is 11.1 Å². The number of urea groups is 1. The summed E-state index contributed by atoms with van der Waals surface area (Å²) in [4.78, 5) is 15.1. The fourth-order valence-electron chi connectivity index (χ4n) is 2.44. The summed E-state index contributed by atoms with van der Waals surface area (Å²) >= 11 is 0. The molecule has 0 aliphatic carbocycles. The molecular formula is C17H14F3N3O2. The van der Waals surface area contributed by atoms with Crippen molar-refractivity contribution < 1.29 is 23.1 Å². The molecule has 0 saturated heterocycles. The zero-order valence-electron chi connectivity index (χ0n) is 12.8. The topological polar surface area (TPSA) is 77.2 Å². The highest BCUT2D eigenvalue weighted by atomic mass is 19.4. The lowest BCUT2D eigenvalue weighted by Crippen LogP contribution is -2.20. The molecule has 5 nitrogen and oxygen atoms in total. The maximum Gasteiger partial charge on any atom is 0.416 e. The highest BCUT2D eigenvalue weighted by molar-refractivity contribution is 6.01. The molecule has 130 valence electrons. The molecule has 25 heavy (non-hydrogen) atoms. The summed E-state index contributed by atoms with van der Waals surface area (Å²) in [7, 11) is 0. The standard InChI is InChI=1S/C17H14F3N3O2/c18-17(19,20)12-1-3-15(11(7-12)9-24)23-16(25)22-13-2-4-14-10(8-13)5-6-21-14/h1-8,21,24H,9H2,(H2,22,23,25). The lowest BCUT2D eigenvalue weighted by atomic mass is 10.1. The number of halogens is 3. The molecule has 0 atom stereocenters. The molecule has 0 saturated carbocycles. The van der Waals surface area contributed by atoms with Crippen LogP contribution in [-0.2, 0) is 12.8 Å². The Balaban J connectivity index is 1.75. The second kappa shape index (κ2) is 6.48. The number of benzene rings is 2. The first-order valence-corrected chi connectivity index (χ1v) is 7.33. The minimum Gasteiger partial charge on any atom is -0.392 e. The van der Waals surface area contributed by atoms with Crippen molar-refractivity contribution in [2.24, 2.45) is 0 Å². The van der Waals surface area contributed by atoms with Gasteiger partial charge in [0, 0.05) is 34.0 Å². The van der Waals surface area contributed by atoms with Gasteiger partial charge in [-0.1, -0.05) is 0 Å². The zero-order valence-corrected chi connectivity index (χ0v) is 12.8. The van der Waals surface area contributed by atoms with Crippen molar-refractivity contribution in [2.75, 3.05) is 10.6 Å². The fraction of sp³-hybridized carbons (Fsp3) is 0.118. The number of amides is 2. The van der Waals surface area contributed by atoms with Crippen LogP contribution in [0.25, 0.3) is 10.9 Å². The van der Waals surface area contributed by atoms with Crippen LogP contribution in [0, 0.1) is 0 Å². The predicted molar refractivity (Wildman–Crippen MR) is 88.3 cm³/mol. The van der Waals surface area contributed by atoms with E-state index >= 15 is 0 Å². The smallest absolute Gasteiger partial charge is 0.392 e. The Morgan fingerprint density at radius 3 is 2.60 bits per heavy atom. The van der Waals surface area contributed by atoms with E-state index in [1.165, 1.54) is 0 Å². The van der Waals surface area contributed by atoms with Crippen molar-refractivity contribution in [3.63, 3.8) is 0 Å². The number of aromatic nitrogens is 1. The average molecular weight is 349 g/mol. The van der Waals surface area contributed by atoms with E-state index < -0.39 is 24.4 Å². The number of alkyl halides is 3. The highest BCUT2D eigenvalue weighted by Crippen LogP contribution is 2.32. The third-order valence-electron chi connectivity index (χ3n) is 3.66. The SMILES string of the molecule is O=C(Nc1ccc2[nH]ccc2c1)Nc1ccc(C(F)(F)F)cc1CO. The Bertz CT molecular complexity index is 919. The number of anilines is 2. The summed E-state index contributed by atoms with van der Waals surface area (Å²) in [6.07, 6.45) is -2.75. The van der Waals surface area contributed by atoms with Crippen LogP contribution >= 0.6 is 0 Å². The third kappa shape index (κ3) is 3.74. The first-order chi connectivity index (χ1) is 11.9. The largest absolute Gasteiger partial charge is 0.416 e. The zero-order chi connectivity index (χ0) is 18.0. The predicted octanol–water partition coefficient (Wildman–Crippen LogP) is 4.32. The Labute approximate surface area is 140 Å². The van der Waals surface area contributed by atoms with E-state index in [1.807, 2.05) is 6.07 Å². The van der Waals surface area contributed by atoms with Crippen LogP contribution in [0.5, 0.6) is 0 Å². The third-order valence-corrected chi connectivity index (χ3v) is 3.66. The summed E-state index contributed by atoms with van der Waals surface area (Å²) in [6, 6.07) is 9.24. The van der Waals surface area contributed by atoms with Gasteiger partial charge in [0.25, 0.3) is 0 Å². The average Bonchev–Trinajstić information content (AvgIpc) is 3.01. The van der Waals surface area contributed by atoms with Gasteiger partial charge in [-0.3, -0.25) is 0 Å². The number of hydrogen-bond donors (Lipinski definition) is 4. The summed E-state index contributed by atoms with van der Waals surface area (Å²) in [5.41, 5.74) is 0.639. The summed E-state index contributed by atoms with van der Waals surface area (Å²) in [5, 5.41) is 15.2. The van der Waals surface area contributed by atoms with Gasteiger partial charge in [-0.25, -0.2) is 4.79 Å². The minimum absolute atomic E-state index is 0.0222.